The van der Waals surface area contributed by atoms with Crippen LogP contribution >= 0.6 is 0 Å². The van der Waals surface area contributed by atoms with Crippen molar-refractivity contribution >= 4 is 11.9 Å². The number of carbonyl (C=O) groups is 2. The molecule has 48 heavy (non-hydrogen) atoms. The van der Waals surface area contributed by atoms with Gasteiger partial charge in [0.05, 0.1) is 12.2 Å². The largest absolute Gasteiger partial charge is 0.490 e. The number of benzene rings is 1. The average Bonchev–Trinajstić information content (AvgIpc) is 3.49. The van der Waals surface area contributed by atoms with Gasteiger partial charge in [-0.15, -0.1) is 0 Å². The highest BCUT2D eigenvalue weighted by Gasteiger charge is 2.18. The minimum atomic E-state index is -1.08. The van der Waals surface area contributed by atoms with E-state index in [4.69, 9.17) is 28.9 Å². The summed E-state index contributed by atoms with van der Waals surface area (Å²) in [5.41, 5.74) is 4.08. The molecule has 1 atom stereocenters. The van der Waals surface area contributed by atoms with Crippen molar-refractivity contribution in [1.82, 2.24) is 35.4 Å². The zero-order valence-electron chi connectivity index (χ0n) is 28.1. The van der Waals surface area contributed by atoms with Gasteiger partial charge in [-0.2, -0.15) is 15.0 Å². The molecule has 0 spiro atoms. The molecule has 0 saturated heterocycles. The number of aryl methyl sites for hydroxylation is 4. The summed E-state index contributed by atoms with van der Waals surface area (Å²) < 4.78 is 22.0. The number of aliphatic hydroxyl groups is 2. The molecule has 1 unspecified atom stereocenters. The van der Waals surface area contributed by atoms with Gasteiger partial charge in [0.25, 0.3) is 5.89 Å². The lowest BCUT2D eigenvalue weighted by molar-refractivity contribution is -0.124. The molecule has 4 rings (SSSR count). The predicted molar refractivity (Wildman–Crippen MR) is 172 cm³/mol. The van der Waals surface area contributed by atoms with Crippen LogP contribution < -0.4 is 19.5 Å². The topological polar surface area (TPSA) is 225 Å². The standard InChI is InChI=1S/C23H29N5O6.C9H12N2O3/c1-12(2)33-23-25-15(5)8-18(26-23)22-27-21(28-34-22)16-6-13(3)20(14(4)7-16)32-11-17(30)9-24-19(31)10-29;1-5(2)14-9-10-6(3)4-7(11-9)8(12)13/h6-8,12,17,29-30H,9-11H2,1-5H3,(H,24,31);4-5H,1-3H3,(H,12,13). The summed E-state index contributed by atoms with van der Waals surface area (Å²) in [6.45, 7) is 14.0. The second-order valence-corrected chi connectivity index (χ2v) is 11.3. The van der Waals surface area contributed by atoms with Crippen LogP contribution in [0.2, 0.25) is 0 Å². The lowest BCUT2D eigenvalue weighted by Gasteiger charge is -2.16. The SMILES string of the molecule is Cc1cc(-c2nc(-c3cc(C)c(OCC(O)CNC(=O)CO)c(C)c3)no2)nc(OC(C)C)n1.Cc1cc(C(=O)O)nc(OC(C)C)n1. The van der Waals surface area contributed by atoms with Gasteiger partial charge >= 0.3 is 18.0 Å². The molecule has 0 fully saturated rings. The molecule has 0 saturated carbocycles. The number of ether oxygens (including phenoxy) is 3. The highest BCUT2D eigenvalue weighted by Crippen LogP contribution is 2.30. The highest BCUT2D eigenvalue weighted by atomic mass is 16.5. The van der Waals surface area contributed by atoms with Gasteiger partial charge < -0.3 is 39.4 Å². The molecule has 0 aliphatic heterocycles. The molecular formula is C32H41N7O9. The van der Waals surface area contributed by atoms with Gasteiger partial charge in [-0.3, -0.25) is 4.79 Å². The summed E-state index contributed by atoms with van der Waals surface area (Å²) in [5.74, 6) is -0.387. The Bertz CT molecular complexity index is 1690. The number of aromatic nitrogens is 6. The molecule has 0 aliphatic carbocycles. The number of hydrogen-bond acceptors (Lipinski definition) is 14. The lowest BCUT2D eigenvalue weighted by Crippen LogP contribution is -2.36. The van der Waals surface area contributed by atoms with Crippen molar-refractivity contribution < 1.29 is 43.6 Å². The van der Waals surface area contributed by atoms with E-state index >= 15 is 0 Å². The normalized spacial score (nSPS) is 11.5. The van der Waals surface area contributed by atoms with Crippen molar-refractivity contribution in [1.29, 1.82) is 0 Å². The van der Waals surface area contributed by atoms with Crippen LogP contribution in [0.1, 0.15) is 60.7 Å². The number of nitrogens with zero attached hydrogens (tertiary/aromatic N) is 6. The summed E-state index contributed by atoms with van der Waals surface area (Å²) in [7, 11) is 0. The molecule has 16 heteroatoms. The lowest BCUT2D eigenvalue weighted by atomic mass is 10.1. The monoisotopic (exact) mass is 667 g/mol. The van der Waals surface area contributed by atoms with Gasteiger partial charge in [-0.05, 0) is 90.8 Å². The number of carbonyl (C=O) groups excluding carboxylic acids is 1. The minimum absolute atomic E-state index is 0.0202. The van der Waals surface area contributed by atoms with Crippen LogP contribution in [0.15, 0.2) is 28.8 Å². The molecule has 16 nitrogen and oxygen atoms in total. The van der Waals surface area contributed by atoms with Crippen LogP contribution in [0.3, 0.4) is 0 Å². The molecule has 0 bridgehead atoms. The third-order valence-electron chi connectivity index (χ3n) is 6.03. The van der Waals surface area contributed by atoms with Crippen LogP contribution in [-0.4, -0.2) is 95.3 Å². The van der Waals surface area contributed by atoms with E-state index in [-0.39, 0.29) is 49.0 Å². The summed E-state index contributed by atoms with van der Waals surface area (Å²) in [5, 5.41) is 33.9. The Labute approximate surface area is 277 Å². The minimum Gasteiger partial charge on any atom is -0.490 e. The first-order chi connectivity index (χ1) is 22.6. The fourth-order valence-electron chi connectivity index (χ4n) is 4.11. The van der Waals surface area contributed by atoms with Crippen molar-refractivity contribution in [3.8, 4) is 40.7 Å². The second kappa shape index (κ2) is 17.1. The highest BCUT2D eigenvalue weighted by molar-refractivity contribution is 5.85. The number of hydrogen-bond donors (Lipinski definition) is 4. The second-order valence-electron chi connectivity index (χ2n) is 11.3. The maximum absolute atomic E-state index is 11.1. The molecule has 1 aromatic carbocycles. The number of amides is 1. The van der Waals surface area contributed by atoms with Gasteiger partial charge in [0.1, 0.15) is 30.8 Å². The van der Waals surface area contributed by atoms with Crippen LogP contribution in [0.4, 0.5) is 0 Å². The van der Waals surface area contributed by atoms with E-state index in [9.17, 15) is 14.7 Å². The number of aliphatic hydroxyl groups excluding tert-OH is 2. The number of nitrogens with one attached hydrogen (secondary N) is 1. The Morgan fingerprint density at radius 1 is 0.854 bits per heavy atom. The third kappa shape index (κ3) is 11.2. The number of carboxylic acids is 1. The molecule has 258 valence electrons. The van der Waals surface area contributed by atoms with Crippen LogP contribution in [0.5, 0.6) is 17.8 Å². The van der Waals surface area contributed by atoms with Crippen molar-refractivity contribution in [3.05, 3.63) is 52.5 Å². The molecular weight excluding hydrogens is 626 g/mol. The Morgan fingerprint density at radius 3 is 2.00 bits per heavy atom. The van der Waals surface area contributed by atoms with Crippen LogP contribution in [-0.2, 0) is 4.79 Å². The Balaban J connectivity index is 0.000000373. The maximum atomic E-state index is 11.1. The van der Waals surface area contributed by atoms with E-state index in [1.807, 2.05) is 60.6 Å². The molecule has 4 N–H and O–H groups in total. The van der Waals surface area contributed by atoms with E-state index in [0.717, 1.165) is 16.7 Å². The Hall–Kier alpha value is -5.22. The number of rotatable bonds is 13. The zero-order valence-corrected chi connectivity index (χ0v) is 28.1. The first-order valence-corrected chi connectivity index (χ1v) is 15.1. The first kappa shape index (κ1) is 37.2. The van der Waals surface area contributed by atoms with Gasteiger partial charge in [0.15, 0.2) is 5.69 Å². The smallest absolute Gasteiger partial charge is 0.354 e. The molecule has 0 aliphatic rings. The van der Waals surface area contributed by atoms with Crippen molar-refractivity contribution in [2.45, 2.75) is 73.7 Å². The summed E-state index contributed by atoms with van der Waals surface area (Å²) in [6, 6.07) is 7.21. The zero-order chi connectivity index (χ0) is 35.5. The molecule has 3 aromatic heterocycles. The Morgan fingerprint density at radius 2 is 1.44 bits per heavy atom. The van der Waals surface area contributed by atoms with E-state index in [2.05, 4.69) is 35.4 Å². The van der Waals surface area contributed by atoms with Gasteiger partial charge in [-0.25, -0.2) is 14.8 Å². The van der Waals surface area contributed by atoms with Gasteiger partial charge in [0, 0.05) is 23.5 Å². The summed E-state index contributed by atoms with van der Waals surface area (Å²) in [6.07, 6.45) is -1.06. The fourth-order valence-corrected chi connectivity index (χ4v) is 4.11. The third-order valence-corrected chi connectivity index (χ3v) is 6.03. The first-order valence-electron chi connectivity index (χ1n) is 15.1. The van der Waals surface area contributed by atoms with E-state index in [0.29, 0.717) is 28.7 Å². The molecule has 1 amide bonds. The van der Waals surface area contributed by atoms with Crippen molar-refractivity contribution in [2.75, 3.05) is 19.8 Å². The van der Waals surface area contributed by atoms with Crippen LogP contribution in [0.25, 0.3) is 23.0 Å². The quantitative estimate of drug-likeness (QED) is 0.161. The van der Waals surface area contributed by atoms with Gasteiger partial charge in [-0.1, -0.05) is 5.16 Å². The number of carboxylic acid groups (broad SMARTS) is 1. The number of aromatic carboxylic acids is 1. The van der Waals surface area contributed by atoms with E-state index in [1.165, 1.54) is 6.07 Å². The summed E-state index contributed by atoms with van der Waals surface area (Å²) >= 11 is 0. The summed E-state index contributed by atoms with van der Waals surface area (Å²) in [4.78, 5) is 42.5. The molecule has 4 aromatic rings. The fraction of sp³-hybridized carbons (Fsp3) is 0.438. The van der Waals surface area contributed by atoms with Crippen molar-refractivity contribution in [2.24, 2.45) is 0 Å². The predicted octanol–water partition coefficient (Wildman–Crippen LogP) is 3.02. The van der Waals surface area contributed by atoms with Crippen LogP contribution in [0, 0.1) is 27.7 Å². The van der Waals surface area contributed by atoms with E-state index < -0.39 is 24.6 Å². The molecule has 0 radical (unpaired) electrons. The average molecular weight is 668 g/mol. The maximum Gasteiger partial charge on any atom is 0.354 e. The Kier molecular flexibility index (Phi) is 13.3. The van der Waals surface area contributed by atoms with Crippen molar-refractivity contribution in [3.63, 3.8) is 0 Å². The molecule has 3 heterocycles. The van der Waals surface area contributed by atoms with Gasteiger partial charge in [0.2, 0.25) is 11.7 Å². The van der Waals surface area contributed by atoms with E-state index in [1.54, 1.807) is 13.0 Å².